The molecule has 0 aromatic rings. The summed E-state index contributed by atoms with van der Waals surface area (Å²) in [5, 5.41) is 0. The SMILES string of the molecule is CC1C2CC2(C)CN1C. The van der Waals surface area contributed by atoms with Crippen LogP contribution in [0.4, 0.5) is 0 Å². The van der Waals surface area contributed by atoms with Crippen molar-refractivity contribution in [3.8, 4) is 0 Å². The monoisotopic (exact) mass is 125 g/mol. The molecule has 0 N–H and O–H groups in total. The zero-order chi connectivity index (χ0) is 6.65. The summed E-state index contributed by atoms with van der Waals surface area (Å²) < 4.78 is 0. The van der Waals surface area contributed by atoms with Crippen LogP contribution in [0.2, 0.25) is 0 Å². The van der Waals surface area contributed by atoms with E-state index in [0.29, 0.717) is 0 Å². The second kappa shape index (κ2) is 1.34. The molecule has 3 atom stereocenters. The van der Waals surface area contributed by atoms with Gasteiger partial charge in [-0.2, -0.15) is 0 Å². The lowest BCUT2D eigenvalue weighted by Gasteiger charge is -2.18. The van der Waals surface area contributed by atoms with E-state index in [2.05, 4.69) is 25.8 Å². The molecule has 0 spiro atoms. The first kappa shape index (κ1) is 5.72. The fourth-order valence-corrected chi connectivity index (χ4v) is 2.40. The highest BCUT2D eigenvalue weighted by Crippen LogP contribution is 2.59. The zero-order valence-electron chi connectivity index (χ0n) is 6.52. The molecule has 3 unspecified atom stereocenters. The first-order valence-corrected chi connectivity index (χ1v) is 3.84. The maximum absolute atomic E-state index is 2.48. The number of piperidine rings is 1. The van der Waals surface area contributed by atoms with Gasteiger partial charge in [-0.25, -0.2) is 0 Å². The van der Waals surface area contributed by atoms with Crippen molar-refractivity contribution in [1.82, 2.24) is 4.90 Å². The van der Waals surface area contributed by atoms with E-state index in [-0.39, 0.29) is 0 Å². The number of likely N-dealkylation sites (tertiary alicyclic amines) is 1. The zero-order valence-corrected chi connectivity index (χ0v) is 6.52. The van der Waals surface area contributed by atoms with Crippen LogP contribution >= 0.6 is 0 Å². The Labute approximate surface area is 57.0 Å². The van der Waals surface area contributed by atoms with Crippen LogP contribution in [-0.4, -0.2) is 24.5 Å². The summed E-state index contributed by atoms with van der Waals surface area (Å²) in [6.45, 7) is 6.10. The second-order valence-corrected chi connectivity index (χ2v) is 4.12. The molecule has 2 fully saturated rings. The molecular formula is C8H15N. The molecule has 0 aromatic carbocycles. The molecule has 0 aromatic heterocycles. The van der Waals surface area contributed by atoms with E-state index in [1.54, 1.807) is 0 Å². The molecule has 0 bridgehead atoms. The van der Waals surface area contributed by atoms with Gasteiger partial charge < -0.3 is 4.90 Å². The van der Waals surface area contributed by atoms with E-state index in [9.17, 15) is 0 Å². The Morgan fingerprint density at radius 2 is 2.22 bits per heavy atom. The van der Waals surface area contributed by atoms with Gasteiger partial charge in [0.2, 0.25) is 0 Å². The molecule has 1 saturated carbocycles. The van der Waals surface area contributed by atoms with Gasteiger partial charge in [0.1, 0.15) is 0 Å². The largest absolute Gasteiger partial charge is 0.303 e. The van der Waals surface area contributed by atoms with Crippen molar-refractivity contribution in [2.24, 2.45) is 11.3 Å². The van der Waals surface area contributed by atoms with Crippen LogP contribution in [0.1, 0.15) is 20.3 Å². The van der Waals surface area contributed by atoms with Gasteiger partial charge in [0, 0.05) is 12.6 Å². The van der Waals surface area contributed by atoms with E-state index in [1.165, 1.54) is 13.0 Å². The normalized spacial score (nSPS) is 57.7. The number of rotatable bonds is 0. The van der Waals surface area contributed by atoms with Gasteiger partial charge >= 0.3 is 0 Å². The van der Waals surface area contributed by atoms with Gasteiger partial charge in [-0.1, -0.05) is 6.92 Å². The number of hydrogen-bond donors (Lipinski definition) is 0. The van der Waals surface area contributed by atoms with Gasteiger partial charge in [-0.05, 0) is 31.7 Å². The quantitative estimate of drug-likeness (QED) is 0.472. The maximum atomic E-state index is 2.48. The molecule has 9 heavy (non-hydrogen) atoms. The van der Waals surface area contributed by atoms with Crippen LogP contribution in [0.15, 0.2) is 0 Å². The van der Waals surface area contributed by atoms with Crippen molar-refractivity contribution < 1.29 is 0 Å². The summed E-state index contributed by atoms with van der Waals surface area (Å²) in [5.74, 6) is 1.03. The predicted molar refractivity (Wildman–Crippen MR) is 38.3 cm³/mol. The Morgan fingerprint density at radius 3 is 2.44 bits per heavy atom. The van der Waals surface area contributed by atoms with Crippen LogP contribution in [0.5, 0.6) is 0 Å². The summed E-state index contributed by atoms with van der Waals surface area (Å²) in [6, 6.07) is 0.856. The third kappa shape index (κ3) is 0.586. The summed E-state index contributed by atoms with van der Waals surface area (Å²) >= 11 is 0. The second-order valence-electron chi connectivity index (χ2n) is 4.12. The molecule has 0 radical (unpaired) electrons. The minimum absolute atomic E-state index is 0.730. The first-order valence-electron chi connectivity index (χ1n) is 3.84. The van der Waals surface area contributed by atoms with E-state index in [4.69, 9.17) is 0 Å². The molecule has 1 aliphatic carbocycles. The van der Waals surface area contributed by atoms with E-state index in [1.807, 2.05) is 0 Å². The van der Waals surface area contributed by atoms with E-state index < -0.39 is 0 Å². The lowest BCUT2D eigenvalue weighted by atomic mass is 10.1. The van der Waals surface area contributed by atoms with Crippen molar-refractivity contribution in [3.63, 3.8) is 0 Å². The van der Waals surface area contributed by atoms with Gasteiger partial charge in [-0.15, -0.1) is 0 Å². The van der Waals surface area contributed by atoms with Gasteiger partial charge in [0.15, 0.2) is 0 Å². The fraction of sp³-hybridized carbons (Fsp3) is 1.00. The minimum Gasteiger partial charge on any atom is -0.303 e. The molecule has 1 saturated heterocycles. The molecule has 0 amide bonds. The van der Waals surface area contributed by atoms with Crippen LogP contribution in [0.3, 0.4) is 0 Å². The average Bonchev–Trinajstić information content (AvgIpc) is 2.34. The highest BCUT2D eigenvalue weighted by molar-refractivity contribution is 5.10. The summed E-state index contributed by atoms with van der Waals surface area (Å²) in [7, 11) is 2.24. The van der Waals surface area contributed by atoms with Crippen molar-refractivity contribution in [3.05, 3.63) is 0 Å². The van der Waals surface area contributed by atoms with E-state index in [0.717, 1.165) is 17.4 Å². The predicted octanol–water partition coefficient (Wildman–Crippen LogP) is 1.35. The van der Waals surface area contributed by atoms with Crippen LogP contribution < -0.4 is 0 Å². The first-order chi connectivity index (χ1) is 4.13. The molecule has 1 heterocycles. The van der Waals surface area contributed by atoms with E-state index >= 15 is 0 Å². The average molecular weight is 125 g/mol. The molecular weight excluding hydrogens is 110 g/mol. The Morgan fingerprint density at radius 1 is 1.56 bits per heavy atom. The summed E-state index contributed by atoms with van der Waals surface area (Å²) in [5.41, 5.74) is 0.730. The highest BCUT2D eigenvalue weighted by Gasteiger charge is 2.58. The standard InChI is InChI=1S/C8H15N/c1-6-7-4-8(7,2)5-9(6)3/h6-7H,4-5H2,1-3H3. The van der Waals surface area contributed by atoms with Crippen molar-refractivity contribution in [1.29, 1.82) is 0 Å². The molecule has 1 aliphatic heterocycles. The number of nitrogens with zero attached hydrogens (tertiary/aromatic N) is 1. The summed E-state index contributed by atoms with van der Waals surface area (Å²) in [4.78, 5) is 2.48. The molecule has 52 valence electrons. The smallest absolute Gasteiger partial charge is 0.00982 e. The van der Waals surface area contributed by atoms with Crippen LogP contribution in [0, 0.1) is 11.3 Å². The minimum atomic E-state index is 0.730. The lowest BCUT2D eigenvalue weighted by Crippen LogP contribution is -2.26. The summed E-state index contributed by atoms with van der Waals surface area (Å²) in [6.07, 6.45) is 1.48. The Balaban J connectivity index is 2.15. The van der Waals surface area contributed by atoms with Crippen LogP contribution in [-0.2, 0) is 0 Å². The molecule has 1 nitrogen and oxygen atoms in total. The maximum Gasteiger partial charge on any atom is 0.00982 e. The van der Waals surface area contributed by atoms with Crippen molar-refractivity contribution >= 4 is 0 Å². The highest BCUT2D eigenvalue weighted by atomic mass is 15.2. The topological polar surface area (TPSA) is 3.24 Å². The van der Waals surface area contributed by atoms with Crippen molar-refractivity contribution in [2.45, 2.75) is 26.3 Å². The Kier molecular flexibility index (Phi) is 0.852. The van der Waals surface area contributed by atoms with Gasteiger partial charge in [-0.3, -0.25) is 0 Å². The van der Waals surface area contributed by atoms with Crippen LogP contribution in [0.25, 0.3) is 0 Å². The fourth-order valence-electron chi connectivity index (χ4n) is 2.40. The van der Waals surface area contributed by atoms with Crippen molar-refractivity contribution in [2.75, 3.05) is 13.6 Å². The number of hydrogen-bond acceptors (Lipinski definition) is 1. The van der Waals surface area contributed by atoms with Gasteiger partial charge in [0.05, 0.1) is 0 Å². The third-order valence-corrected chi connectivity index (χ3v) is 3.31. The molecule has 2 rings (SSSR count). The molecule has 1 heteroatoms. The number of fused-ring (bicyclic) bond motifs is 1. The molecule has 2 aliphatic rings. The third-order valence-electron chi connectivity index (χ3n) is 3.31. The Bertz CT molecular complexity index is 144. The lowest BCUT2D eigenvalue weighted by molar-refractivity contribution is 0.277. The van der Waals surface area contributed by atoms with Gasteiger partial charge in [0.25, 0.3) is 0 Å². The Hall–Kier alpha value is -0.0400.